The van der Waals surface area contributed by atoms with Crippen LogP contribution in [0, 0.1) is 0 Å². The summed E-state index contributed by atoms with van der Waals surface area (Å²) in [5, 5.41) is 0. The molecule has 1 aromatic carbocycles. The zero-order valence-corrected chi connectivity index (χ0v) is 14.3. The summed E-state index contributed by atoms with van der Waals surface area (Å²) < 4.78 is 16.2. The number of likely N-dealkylation sites (N-methyl/N-ethyl adjacent to an activating group) is 1. The van der Waals surface area contributed by atoms with Gasteiger partial charge in [0.15, 0.2) is 11.5 Å². The Morgan fingerprint density at radius 2 is 1.71 bits per heavy atom. The summed E-state index contributed by atoms with van der Waals surface area (Å²) >= 11 is 1.82. The van der Waals surface area contributed by atoms with Crippen LogP contribution in [0.25, 0.3) is 0 Å². The lowest BCUT2D eigenvalue weighted by Crippen LogP contribution is -2.32. The summed E-state index contributed by atoms with van der Waals surface area (Å²) in [6, 6.07) is 4.05. The molecule has 1 aromatic rings. The molecule has 0 radical (unpaired) electrons. The summed E-state index contributed by atoms with van der Waals surface area (Å²) in [4.78, 5) is 2.25. The van der Waals surface area contributed by atoms with Crippen molar-refractivity contribution in [3.63, 3.8) is 0 Å². The first-order valence-corrected chi connectivity index (χ1v) is 8.21. The highest BCUT2D eigenvalue weighted by molar-refractivity contribution is 7.98. The molecule has 0 saturated heterocycles. The van der Waals surface area contributed by atoms with Crippen molar-refractivity contribution >= 4 is 11.8 Å². The number of ether oxygens (including phenoxy) is 3. The molecule has 0 aromatic heterocycles. The number of nitrogens with zero attached hydrogens (tertiary/aromatic N) is 1. The maximum absolute atomic E-state index is 5.97. The second-order valence-corrected chi connectivity index (χ2v) is 5.67. The van der Waals surface area contributed by atoms with Crippen LogP contribution in [0.5, 0.6) is 17.2 Å². The Labute approximate surface area is 131 Å². The molecular weight excluding hydrogens is 288 g/mol. The number of hydrogen-bond acceptors (Lipinski definition) is 6. The highest BCUT2D eigenvalue weighted by Crippen LogP contribution is 2.40. The minimum Gasteiger partial charge on any atom is -0.493 e. The van der Waals surface area contributed by atoms with Gasteiger partial charge < -0.3 is 19.9 Å². The average Bonchev–Trinajstić information content (AvgIpc) is 2.52. The van der Waals surface area contributed by atoms with Gasteiger partial charge in [-0.05, 0) is 31.0 Å². The Bertz CT molecular complexity index is 418. The fraction of sp³-hybridized carbons (Fsp3) is 0.600. The molecular formula is C15H26N2O3S. The second-order valence-electron chi connectivity index (χ2n) is 4.68. The third-order valence-corrected chi connectivity index (χ3v) is 4.07. The van der Waals surface area contributed by atoms with Gasteiger partial charge in [0.2, 0.25) is 5.75 Å². The molecule has 2 N–H and O–H groups in total. The Morgan fingerprint density at radius 3 is 2.10 bits per heavy atom. The summed E-state index contributed by atoms with van der Waals surface area (Å²) in [6.45, 7) is 1.50. The highest BCUT2D eigenvalue weighted by atomic mass is 32.2. The molecule has 0 amide bonds. The molecule has 0 fully saturated rings. The standard InChI is InChI=1S/C15H26N2O3S/c1-17(6-7-21-5)12(10-16)11-8-13(18-2)15(20-4)14(9-11)19-3/h8-9,12H,6-7,10,16H2,1-5H3. The van der Waals surface area contributed by atoms with Gasteiger partial charge >= 0.3 is 0 Å². The third-order valence-electron chi connectivity index (χ3n) is 3.48. The van der Waals surface area contributed by atoms with E-state index in [-0.39, 0.29) is 6.04 Å². The number of nitrogens with two attached hydrogens (primary N) is 1. The van der Waals surface area contributed by atoms with Crippen LogP contribution >= 0.6 is 11.8 Å². The highest BCUT2D eigenvalue weighted by Gasteiger charge is 2.20. The van der Waals surface area contributed by atoms with Crippen molar-refractivity contribution in [2.45, 2.75) is 6.04 Å². The quantitative estimate of drug-likeness (QED) is 0.752. The maximum Gasteiger partial charge on any atom is 0.203 e. The topological polar surface area (TPSA) is 57.0 Å². The van der Waals surface area contributed by atoms with Crippen LogP contribution in [0.15, 0.2) is 12.1 Å². The summed E-state index contributed by atoms with van der Waals surface area (Å²) in [6.07, 6.45) is 2.10. The van der Waals surface area contributed by atoms with Crippen molar-refractivity contribution in [3.05, 3.63) is 17.7 Å². The van der Waals surface area contributed by atoms with Gasteiger partial charge in [-0.1, -0.05) is 0 Å². The van der Waals surface area contributed by atoms with E-state index >= 15 is 0 Å². The van der Waals surface area contributed by atoms with Crippen LogP contribution < -0.4 is 19.9 Å². The van der Waals surface area contributed by atoms with Crippen molar-refractivity contribution in [2.24, 2.45) is 5.73 Å². The molecule has 1 rings (SSSR count). The Balaban J connectivity index is 3.14. The van der Waals surface area contributed by atoms with Crippen LogP contribution in [0.2, 0.25) is 0 Å². The van der Waals surface area contributed by atoms with E-state index in [4.69, 9.17) is 19.9 Å². The van der Waals surface area contributed by atoms with Crippen molar-refractivity contribution < 1.29 is 14.2 Å². The van der Waals surface area contributed by atoms with Gasteiger partial charge in [-0.2, -0.15) is 11.8 Å². The smallest absolute Gasteiger partial charge is 0.203 e. The van der Waals surface area contributed by atoms with E-state index in [0.29, 0.717) is 23.8 Å². The Hall–Kier alpha value is -1.11. The number of rotatable bonds is 9. The molecule has 0 saturated carbocycles. The minimum absolute atomic E-state index is 0.117. The molecule has 5 nitrogen and oxygen atoms in total. The number of hydrogen-bond donors (Lipinski definition) is 1. The second kappa shape index (κ2) is 9.02. The molecule has 0 spiro atoms. The summed E-state index contributed by atoms with van der Waals surface area (Å²) in [7, 11) is 6.92. The first-order chi connectivity index (χ1) is 10.1. The van der Waals surface area contributed by atoms with E-state index < -0.39 is 0 Å². The van der Waals surface area contributed by atoms with Crippen LogP contribution in [0.4, 0.5) is 0 Å². The minimum atomic E-state index is 0.117. The third kappa shape index (κ3) is 4.43. The molecule has 0 aliphatic carbocycles. The van der Waals surface area contributed by atoms with E-state index in [1.54, 1.807) is 21.3 Å². The van der Waals surface area contributed by atoms with Crippen molar-refractivity contribution in [1.82, 2.24) is 4.90 Å². The van der Waals surface area contributed by atoms with E-state index in [2.05, 4.69) is 18.2 Å². The van der Waals surface area contributed by atoms with E-state index in [0.717, 1.165) is 17.9 Å². The van der Waals surface area contributed by atoms with Crippen molar-refractivity contribution in [1.29, 1.82) is 0 Å². The lowest BCUT2D eigenvalue weighted by molar-refractivity contribution is 0.262. The molecule has 0 aliphatic rings. The van der Waals surface area contributed by atoms with Gasteiger partial charge in [-0.15, -0.1) is 0 Å². The first kappa shape index (κ1) is 17.9. The van der Waals surface area contributed by atoms with Gasteiger partial charge in [-0.3, -0.25) is 4.90 Å². The largest absolute Gasteiger partial charge is 0.493 e. The number of thioether (sulfide) groups is 1. The molecule has 6 heteroatoms. The number of benzene rings is 1. The molecule has 0 bridgehead atoms. The molecule has 0 heterocycles. The molecule has 0 aliphatic heterocycles. The zero-order valence-electron chi connectivity index (χ0n) is 13.5. The zero-order chi connectivity index (χ0) is 15.8. The molecule has 21 heavy (non-hydrogen) atoms. The van der Waals surface area contributed by atoms with E-state index in [1.807, 2.05) is 23.9 Å². The van der Waals surface area contributed by atoms with Gasteiger partial charge in [0.1, 0.15) is 0 Å². The molecule has 1 unspecified atom stereocenters. The van der Waals surface area contributed by atoms with Gasteiger partial charge in [0.05, 0.1) is 21.3 Å². The van der Waals surface area contributed by atoms with Crippen LogP contribution in [-0.4, -0.2) is 58.4 Å². The predicted molar refractivity (Wildman–Crippen MR) is 88.9 cm³/mol. The summed E-state index contributed by atoms with van der Waals surface area (Å²) in [5.41, 5.74) is 7.04. The van der Waals surface area contributed by atoms with Gasteiger partial charge in [-0.25, -0.2) is 0 Å². The van der Waals surface area contributed by atoms with E-state index in [1.165, 1.54) is 0 Å². The maximum atomic E-state index is 5.97. The molecule has 1 atom stereocenters. The lowest BCUT2D eigenvalue weighted by atomic mass is 10.0. The lowest BCUT2D eigenvalue weighted by Gasteiger charge is -2.28. The van der Waals surface area contributed by atoms with Crippen molar-refractivity contribution in [3.8, 4) is 17.2 Å². The fourth-order valence-electron chi connectivity index (χ4n) is 2.26. The Morgan fingerprint density at radius 1 is 1.14 bits per heavy atom. The Kier molecular flexibility index (Phi) is 7.71. The van der Waals surface area contributed by atoms with Crippen molar-refractivity contribution in [2.75, 3.05) is 53.5 Å². The molecule has 120 valence electrons. The monoisotopic (exact) mass is 314 g/mol. The van der Waals surface area contributed by atoms with Gasteiger partial charge in [0.25, 0.3) is 0 Å². The number of methoxy groups -OCH3 is 3. The van der Waals surface area contributed by atoms with Crippen LogP contribution in [0.3, 0.4) is 0 Å². The van der Waals surface area contributed by atoms with Gasteiger partial charge in [0, 0.05) is 24.9 Å². The predicted octanol–water partition coefficient (Wildman–Crippen LogP) is 2.01. The fourth-order valence-corrected chi connectivity index (χ4v) is 2.73. The van der Waals surface area contributed by atoms with Crippen LogP contribution in [-0.2, 0) is 0 Å². The summed E-state index contributed by atoms with van der Waals surface area (Å²) in [5.74, 6) is 2.98. The van der Waals surface area contributed by atoms with E-state index in [9.17, 15) is 0 Å². The average molecular weight is 314 g/mol. The first-order valence-electron chi connectivity index (χ1n) is 6.82. The van der Waals surface area contributed by atoms with Crippen LogP contribution in [0.1, 0.15) is 11.6 Å². The normalized spacial score (nSPS) is 12.3. The SMILES string of the molecule is COc1cc(C(CN)N(C)CCSC)cc(OC)c1OC.